The molecule has 0 unspecified atom stereocenters. The van der Waals surface area contributed by atoms with Gasteiger partial charge in [0.15, 0.2) is 0 Å². The Labute approximate surface area is 115 Å². The molecule has 1 N–H and O–H groups in total. The summed E-state index contributed by atoms with van der Waals surface area (Å²) >= 11 is 0. The second-order valence-corrected chi connectivity index (χ2v) is 3.83. The highest BCUT2D eigenvalue weighted by atomic mass is 16.5. The van der Waals surface area contributed by atoms with E-state index < -0.39 is 18.4 Å². The molecule has 0 spiro atoms. The smallest absolute Gasteiger partial charge is 0.257 e. The Morgan fingerprint density at radius 3 is 2.60 bits per heavy atom. The number of benzene rings is 1. The number of carboxylic acid groups (broad SMARTS) is 1. The number of nitrogens with one attached hydrogen (secondary N) is 1. The van der Waals surface area contributed by atoms with E-state index in [0.717, 1.165) is 0 Å². The van der Waals surface area contributed by atoms with Crippen molar-refractivity contribution in [3.8, 4) is 11.6 Å². The van der Waals surface area contributed by atoms with Crippen LogP contribution in [0.5, 0.6) is 11.6 Å². The lowest BCUT2D eigenvalue weighted by Crippen LogP contribution is -2.37. The molecule has 0 saturated heterocycles. The van der Waals surface area contributed by atoms with E-state index in [0.29, 0.717) is 5.75 Å². The van der Waals surface area contributed by atoms with Crippen LogP contribution in [0.1, 0.15) is 10.4 Å². The maximum Gasteiger partial charge on any atom is 0.257 e. The molecule has 2 rings (SSSR count). The van der Waals surface area contributed by atoms with Gasteiger partial charge in [0.05, 0.1) is 12.5 Å². The Balaban J connectivity index is 2.18. The van der Waals surface area contributed by atoms with E-state index in [1.165, 1.54) is 12.3 Å². The summed E-state index contributed by atoms with van der Waals surface area (Å²) in [6.45, 7) is -0.571. The van der Waals surface area contributed by atoms with Crippen molar-refractivity contribution in [2.75, 3.05) is 6.54 Å². The van der Waals surface area contributed by atoms with Crippen molar-refractivity contribution < 1.29 is 19.4 Å². The lowest BCUT2D eigenvalue weighted by atomic mass is 10.2. The van der Waals surface area contributed by atoms with Crippen LogP contribution >= 0.6 is 0 Å². The number of nitrogens with zero attached hydrogens (tertiary/aromatic N) is 1. The van der Waals surface area contributed by atoms with Gasteiger partial charge in [0.1, 0.15) is 11.3 Å². The predicted molar refractivity (Wildman–Crippen MR) is 68.1 cm³/mol. The molecule has 6 heteroatoms. The van der Waals surface area contributed by atoms with Gasteiger partial charge < -0.3 is 20.0 Å². The highest BCUT2D eigenvalue weighted by Crippen LogP contribution is 2.22. The van der Waals surface area contributed by atoms with E-state index in [2.05, 4.69) is 10.3 Å². The number of carbonyl (C=O) groups excluding carboxylic acids is 2. The fourth-order valence-electron chi connectivity index (χ4n) is 1.49. The normalized spacial score (nSPS) is 9.80. The van der Waals surface area contributed by atoms with Crippen molar-refractivity contribution in [2.45, 2.75) is 0 Å². The number of hydrogen-bond donors (Lipinski definition) is 1. The van der Waals surface area contributed by atoms with Gasteiger partial charge in [0, 0.05) is 6.20 Å². The van der Waals surface area contributed by atoms with Gasteiger partial charge in [-0.15, -0.1) is 0 Å². The fourth-order valence-corrected chi connectivity index (χ4v) is 1.49. The van der Waals surface area contributed by atoms with Crippen molar-refractivity contribution in [1.82, 2.24) is 10.3 Å². The monoisotopic (exact) mass is 271 g/mol. The summed E-state index contributed by atoms with van der Waals surface area (Å²) in [4.78, 5) is 26.2. The van der Waals surface area contributed by atoms with Crippen molar-refractivity contribution >= 4 is 11.9 Å². The number of rotatable bonds is 5. The zero-order valence-electron chi connectivity index (χ0n) is 10.4. The van der Waals surface area contributed by atoms with Crippen LogP contribution in [0.15, 0.2) is 48.7 Å². The number of carbonyl (C=O) groups is 2. The van der Waals surface area contributed by atoms with E-state index in [1.807, 2.05) is 6.07 Å². The molecule has 0 saturated carbocycles. The van der Waals surface area contributed by atoms with Crippen LogP contribution in [0, 0.1) is 0 Å². The molecule has 2 aromatic rings. The van der Waals surface area contributed by atoms with Crippen LogP contribution in [0.2, 0.25) is 0 Å². The van der Waals surface area contributed by atoms with E-state index in [9.17, 15) is 14.7 Å². The van der Waals surface area contributed by atoms with E-state index >= 15 is 0 Å². The Morgan fingerprint density at radius 2 is 1.90 bits per heavy atom. The summed E-state index contributed by atoms with van der Waals surface area (Å²) < 4.78 is 5.50. The molecular weight excluding hydrogens is 260 g/mol. The number of ether oxygens (including phenoxy) is 1. The Hall–Kier alpha value is -2.89. The first-order chi connectivity index (χ1) is 9.66. The molecular formula is C14H11N2O4-. The minimum atomic E-state index is -1.37. The van der Waals surface area contributed by atoms with Gasteiger partial charge >= 0.3 is 0 Å². The maximum absolute atomic E-state index is 11.8. The van der Waals surface area contributed by atoms with Crippen LogP contribution in [0.3, 0.4) is 0 Å². The van der Waals surface area contributed by atoms with Gasteiger partial charge in [0.2, 0.25) is 5.88 Å². The van der Waals surface area contributed by atoms with Gasteiger partial charge in [0.25, 0.3) is 5.91 Å². The molecule has 1 aromatic carbocycles. The van der Waals surface area contributed by atoms with Crippen molar-refractivity contribution in [1.29, 1.82) is 0 Å². The first-order valence-electron chi connectivity index (χ1n) is 5.83. The van der Waals surface area contributed by atoms with Crippen LogP contribution in [-0.4, -0.2) is 23.4 Å². The number of pyridine rings is 1. The van der Waals surface area contributed by atoms with Gasteiger partial charge in [-0.1, -0.05) is 18.2 Å². The first-order valence-corrected chi connectivity index (χ1v) is 5.83. The number of amides is 1. The number of hydrogen-bond acceptors (Lipinski definition) is 5. The third kappa shape index (κ3) is 3.55. The highest BCUT2D eigenvalue weighted by Gasteiger charge is 2.13. The fraction of sp³-hybridized carbons (Fsp3) is 0.0714. The van der Waals surface area contributed by atoms with E-state index in [4.69, 9.17) is 4.74 Å². The number of para-hydroxylation sites is 1. The minimum Gasteiger partial charge on any atom is -0.548 e. The van der Waals surface area contributed by atoms with Crippen molar-refractivity contribution in [3.63, 3.8) is 0 Å². The number of aromatic nitrogens is 1. The molecule has 20 heavy (non-hydrogen) atoms. The highest BCUT2D eigenvalue weighted by molar-refractivity contribution is 5.97. The molecule has 0 radical (unpaired) electrons. The Kier molecular flexibility index (Phi) is 4.28. The lowest BCUT2D eigenvalue weighted by Gasteiger charge is -2.10. The van der Waals surface area contributed by atoms with Crippen LogP contribution in [-0.2, 0) is 4.79 Å². The minimum absolute atomic E-state index is 0.106. The quantitative estimate of drug-likeness (QED) is 0.847. The third-order valence-corrected chi connectivity index (χ3v) is 2.37. The van der Waals surface area contributed by atoms with Gasteiger partial charge in [-0.3, -0.25) is 4.79 Å². The van der Waals surface area contributed by atoms with Crippen LogP contribution < -0.4 is 15.2 Å². The zero-order chi connectivity index (χ0) is 14.4. The van der Waals surface area contributed by atoms with Crippen LogP contribution in [0.4, 0.5) is 0 Å². The summed E-state index contributed by atoms with van der Waals surface area (Å²) in [5.74, 6) is -1.32. The molecule has 1 heterocycles. The molecule has 1 aromatic heterocycles. The number of carboxylic acids is 1. The Morgan fingerprint density at radius 1 is 1.15 bits per heavy atom. The Bertz CT molecular complexity index is 614. The molecule has 0 aliphatic carbocycles. The molecule has 0 aliphatic rings. The van der Waals surface area contributed by atoms with Crippen molar-refractivity contribution in [2.24, 2.45) is 0 Å². The summed E-state index contributed by atoms with van der Waals surface area (Å²) in [6, 6.07) is 11.9. The first kappa shape index (κ1) is 13.5. The molecule has 0 bridgehead atoms. The summed E-state index contributed by atoms with van der Waals surface area (Å²) in [7, 11) is 0. The third-order valence-electron chi connectivity index (χ3n) is 2.37. The topological polar surface area (TPSA) is 91.3 Å². The summed E-state index contributed by atoms with van der Waals surface area (Å²) in [5, 5.41) is 12.5. The maximum atomic E-state index is 11.8. The average molecular weight is 271 g/mol. The molecule has 0 atom stereocenters. The number of aliphatic carboxylic acids is 1. The lowest BCUT2D eigenvalue weighted by molar-refractivity contribution is -0.303. The summed E-state index contributed by atoms with van der Waals surface area (Å²) in [5.41, 5.74) is 0.151. The second-order valence-electron chi connectivity index (χ2n) is 3.83. The van der Waals surface area contributed by atoms with E-state index in [-0.39, 0.29) is 11.4 Å². The van der Waals surface area contributed by atoms with Crippen molar-refractivity contribution in [3.05, 3.63) is 54.2 Å². The standard InChI is InChI=1S/C14H12N2O4/c17-12(18)9-16-13(19)11-7-4-8-15-14(11)20-10-5-2-1-3-6-10/h1-8H,9H2,(H,16,19)(H,17,18)/p-1. The predicted octanol–water partition coefficient (Wildman–Crippen LogP) is 0.354. The van der Waals surface area contributed by atoms with Gasteiger partial charge in [-0.2, -0.15) is 0 Å². The van der Waals surface area contributed by atoms with Crippen LogP contribution in [0.25, 0.3) is 0 Å². The molecule has 6 nitrogen and oxygen atoms in total. The molecule has 0 aliphatic heterocycles. The molecule has 0 fully saturated rings. The van der Waals surface area contributed by atoms with Gasteiger partial charge in [-0.25, -0.2) is 4.98 Å². The molecule has 1 amide bonds. The van der Waals surface area contributed by atoms with Gasteiger partial charge in [-0.05, 0) is 24.3 Å². The zero-order valence-corrected chi connectivity index (χ0v) is 10.4. The van der Waals surface area contributed by atoms with E-state index in [1.54, 1.807) is 30.3 Å². The average Bonchev–Trinajstić information content (AvgIpc) is 2.46. The molecule has 102 valence electrons. The second kappa shape index (κ2) is 6.33. The largest absolute Gasteiger partial charge is 0.548 e. The SMILES string of the molecule is O=C([O-])CNC(=O)c1cccnc1Oc1ccccc1. The summed E-state index contributed by atoms with van der Waals surface area (Å²) in [6.07, 6.45) is 1.48.